The molecule has 1 saturated heterocycles. The van der Waals surface area contributed by atoms with Crippen LogP contribution in [-0.2, 0) is 15.9 Å². The van der Waals surface area contributed by atoms with Crippen molar-refractivity contribution < 1.29 is 36.2 Å². The molecule has 2 aromatic rings. The van der Waals surface area contributed by atoms with Gasteiger partial charge in [-0.05, 0) is 41.7 Å². The van der Waals surface area contributed by atoms with Crippen molar-refractivity contribution in [2.24, 2.45) is 5.92 Å². The monoisotopic (exact) mass is 416 g/mol. The van der Waals surface area contributed by atoms with Crippen LogP contribution in [0.1, 0.15) is 25.3 Å². The van der Waals surface area contributed by atoms with Crippen molar-refractivity contribution in [1.82, 2.24) is 0 Å². The number of ether oxygens (including phenoxy) is 3. The molecule has 1 aliphatic heterocycles. The highest BCUT2D eigenvalue weighted by molar-refractivity contribution is 5.65. The molecule has 0 aromatic heterocycles. The molecule has 0 atom stereocenters. The molecular weight excluding hydrogens is 395 g/mol. The van der Waals surface area contributed by atoms with E-state index in [0.717, 1.165) is 24.1 Å². The van der Waals surface area contributed by atoms with Crippen molar-refractivity contribution in [3.63, 3.8) is 0 Å². The van der Waals surface area contributed by atoms with Crippen LogP contribution in [0.2, 0.25) is 0 Å². The molecule has 0 saturated carbocycles. The molecule has 0 spiro atoms. The van der Waals surface area contributed by atoms with Crippen LogP contribution in [0.4, 0.5) is 22.0 Å². The average Bonchev–Trinajstić information content (AvgIpc) is 2.69. The Morgan fingerprint density at radius 3 is 2.07 bits per heavy atom. The van der Waals surface area contributed by atoms with E-state index in [-0.39, 0.29) is 11.9 Å². The van der Waals surface area contributed by atoms with E-state index < -0.39 is 23.7 Å². The maximum Gasteiger partial charge on any atom is 0.573 e. The smallest absolute Gasteiger partial charge is 0.399 e. The number of hydrogen-bond acceptors (Lipinski definition) is 3. The van der Waals surface area contributed by atoms with Crippen molar-refractivity contribution in [3.8, 4) is 16.9 Å². The van der Waals surface area contributed by atoms with Crippen molar-refractivity contribution >= 4 is 0 Å². The van der Waals surface area contributed by atoms with Crippen LogP contribution in [0, 0.1) is 17.6 Å². The number of halogens is 5. The Morgan fingerprint density at radius 2 is 1.55 bits per heavy atom. The molecular formula is C21H21F5O3. The van der Waals surface area contributed by atoms with Crippen LogP contribution in [0.5, 0.6) is 5.75 Å². The first-order chi connectivity index (χ1) is 13.7. The van der Waals surface area contributed by atoms with Gasteiger partial charge in [-0.2, -0.15) is 0 Å². The van der Waals surface area contributed by atoms with Gasteiger partial charge in [0.2, 0.25) is 5.75 Å². The zero-order valence-corrected chi connectivity index (χ0v) is 15.8. The SMILES string of the molecule is CCC1COC(CCc2ccc(-c3cc(F)c(OC(F)(F)F)c(F)c3)cc2)OC1. The van der Waals surface area contributed by atoms with Gasteiger partial charge in [-0.1, -0.05) is 31.2 Å². The van der Waals surface area contributed by atoms with Gasteiger partial charge in [-0.25, -0.2) is 8.78 Å². The molecule has 3 rings (SSSR count). The molecule has 1 aliphatic rings. The first kappa shape index (κ1) is 21.5. The van der Waals surface area contributed by atoms with Crippen LogP contribution >= 0.6 is 0 Å². The van der Waals surface area contributed by atoms with Gasteiger partial charge < -0.3 is 14.2 Å². The average molecular weight is 416 g/mol. The summed E-state index contributed by atoms with van der Waals surface area (Å²) in [5.41, 5.74) is 1.57. The minimum Gasteiger partial charge on any atom is -0.399 e. The zero-order chi connectivity index (χ0) is 21.0. The Kier molecular flexibility index (Phi) is 6.74. The fourth-order valence-corrected chi connectivity index (χ4v) is 3.07. The Hall–Kier alpha value is -2.19. The molecule has 0 unspecified atom stereocenters. The molecule has 8 heteroatoms. The van der Waals surface area contributed by atoms with E-state index in [0.29, 0.717) is 37.5 Å². The lowest BCUT2D eigenvalue weighted by Gasteiger charge is -2.28. The topological polar surface area (TPSA) is 27.7 Å². The summed E-state index contributed by atoms with van der Waals surface area (Å²) in [6.45, 7) is 3.46. The van der Waals surface area contributed by atoms with Crippen molar-refractivity contribution in [2.45, 2.75) is 38.8 Å². The Balaban J connectivity index is 1.63. The number of rotatable bonds is 6. The van der Waals surface area contributed by atoms with E-state index in [1.165, 1.54) is 0 Å². The molecule has 1 fully saturated rings. The maximum absolute atomic E-state index is 13.9. The third-order valence-corrected chi connectivity index (χ3v) is 4.79. The zero-order valence-electron chi connectivity index (χ0n) is 15.8. The molecule has 0 amide bonds. The summed E-state index contributed by atoms with van der Waals surface area (Å²) < 4.78 is 79.3. The second-order valence-corrected chi connectivity index (χ2v) is 6.92. The van der Waals surface area contributed by atoms with E-state index >= 15 is 0 Å². The van der Waals surface area contributed by atoms with Gasteiger partial charge in [0.25, 0.3) is 0 Å². The molecule has 0 radical (unpaired) electrons. The molecule has 0 bridgehead atoms. The predicted molar refractivity (Wildman–Crippen MR) is 96.3 cm³/mol. The van der Waals surface area contributed by atoms with Crippen LogP contribution in [0.15, 0.2) is 36.4 Å². The first-order valence-corrected chi connectivity index (χ1v) is 9.32. The number of benzene rings is 2. The van der Waals surface area contributed by atoms with Crippen molar-refractivity contribution in [1.29, 1.82) is 0 Å². The highest BCUT2D eigenvalue weighted by Crippen LogP contribution is 2.32. The Morgan fingerprint density at radius 1 is 0.966 bits per heavy atom. The summed E-state index contributed by atoms with van der Waals surface area (Å²) in [7, 11) is 0. The van der Waals surface area contributed by atoms with E-state index in [2.05, 4.69) is 11.7 Å². The van der Waals surface area contributed by atoms with Gasteiger partial charge in [-0.15, -0.1) is 13.2 Å². The summed E-state index contributed by atoms with van der Waals surface area (Å²) in [5, 5.41) is 0. The van der Waals surface area contributed by atoms with Gasteiger partial charge in [0.05, 0.1) is 13.2 Å². The highest BCUT2D eigenvalue weighted by Gasteiger charge is 2.34. The van der Waals surface area contributed by atoms with Crippen molar-refractivity contribution in [2.75, 3.05) is 13.2 Å². The quantitative estimate of drug-likeness (QED) is 0.552. The minimum absolute atomic E-state index is 0.116. The van der Waals surface area contributed by atoms with Gasteiger partial charge >= 0.3 is 6.36 Å². The molecule has 2 aromatic carbocycles. The van der Waals surface area contributed by atoms with Gasteiger partial charge in [0, 0.05) is 12.3 Å². The molecule has 0 aliphatic carbocycles. The lowest BCUT2D eigenvalue weighted by atomic mass is 10.0. The normalized spacial score (nSPS) is 19.9. The minimum atomic E-state index is -5.17. The number of alkyl halides is 3. The van der Waals surface area contributed by atoms with E-state index in [1.807, 2.05) is 0 Å². The fraction of sp³-hybridized carbons (Fsp3) is 0.429. The van der Waals surface area contributed by atoms with E-state index in [1.54, 1.807) is 24.3 Å². The molecule has 1 heterocycles. The Labute approximate surface area is 165 Å². The lowest BCUT2D eigenvalue weighted by Crippen LogP contribution is -2.32. The van der Waals surface area contributed by atoms with Crippen LogP contribution < -0.4 is 4.74 Å². The molecule has 29 heavy (non-hydrogen) atoms. The van der Waals surface area contributed by atoms with E-state index in [4.69, 9.17) is 9.47 Å². The standard InChI is InChI=1S/C21H21F5O3/c1-2-13-11-27-19(28-12-13)8-5-14-3-6-15(7-4-14)16-9-17(22)20(18(23)10-16)29-21(24,25)26/h3-4,6-7,9-10,13,19H,2,5,8,11-12H2,1H3. The van der Waals surface area contributed by atoms with Crippen LogP contribution in [-0.4, -0.2) is 25.9 Å². The Bertz CT molecular complexity index is 789. The van der Waals surface area contributed by atoms with Crippen LogP contribution in [0.3, 0.4) is 0 Å². The third kappa shape index (κ3) is 5.90. The maximum atomic E-state index is 13.9. The third-order valence-electron chi connectivity index (χ3n) is 4.79. The summed E-state index contributed by atoms with van der Waals surface area (Å²) in [6, 6.07) is 8.53. The van der Waals surface area contributed by atoms with Crippen LogP contribution in [0.25, 0.3) is 11.1 Å². The summed E-state index contributed by atoms with van der Waals surface area (Å²) in [5.74, 6) is -3.87. The summed E-state index contributed by atoms with van der Waals surface area (Å²) >= 11 is 0. The van der Waals surface area contributed by atoms with Gasteiger partial charge in [-0.3, -0.25) is 0 Å². The predicted octanol–water partition coefficient (Wildman–Crippen LogP) is 5.86. The van der Waals surface area contributed by atoms with Crippen molar-refractivity contribution in [3.05, 3.63) is 53.6 Å². The fourth-order valence-electron chi connectivity index (χ4n) is 3.07. The lowest BCUT2D eigenvalue weighted by molar-refractivity contribution is -0.276. The molecule has 158 valence electrons. The largest absolute Gasteiger partial charge is 0.573 e. The first-order valence-electron chi connectivity index (χ1n) is 9.32. The van der Waals surface area contributed by atoms with Gasteiger partial charge in [0.1, 0.15) is 0 Å². The second-order valence-electron chi connectivity index (χ2n) is 6.92. The molecule has 3 nitrogen and oxygen atoms in total. The highest BCUT2D eigenvalue weighted by atomic mass is 19.4. The second kappa shape index (κ2) is 9.09. The van der Waals surface area contributed by atoms with Gasteiger partial charge in [0.15, 0.2) is 17.9 Å². The molecule has 0 N–H and O–H groups in total. The number of hydrogen-bond donors (Lipinski definition) is 0. The summed E-state index contributed by atoms with van der Waals surface area (Å²) in [6.07, 6.45) is -3.03. The van der Waals surface area contributed by atoms with E-state index in [9.17, 15) is 22.0 Å². The number of aryl methyl sites for hydroxylation is 1. The summed E-state index contributed by atoms with van der Waals surface area (Å²) in [4.78, 5) is 0.